The zero-order chi connectivity index (χ0) is 16.4. The summed E-state index contributed by atoms with van der Waals surface area (Å²) in [6.45, 7) is 6.61. The van der Waals surface area contributed by atoms with Gasteiger partial charge in [0.1, 0.15) is 11.2 Å². The summed E-state index contributed by atoms with van der Waals surface area (Å²) in [5.41, 5.74) is -0.841. The lowest BCUT2D eigenvalue weighted by molar-refractivity contribution is 0.0102. The summed E-state index contributed by atoms with van der Waals surface area (Å²) >= 11 is 3.35. The molecule has 0 saturated carbocycles. The van der Waals surface area contributed by atoms with E-state index in [-0.39, 0.29) is 6.09 Å². The summed E-state index contributed by atoms with van der Waals surface area (Å²) in [5, 5.41) is 10.9. The second kappa shape index (κ2) is 6.54. The molecule has 1 amide bonds. The van der Waals surface area contributed by atoms with Crippen LogP contribution >= 0.6 is 15.9 Å². The van der Waals surface area contributed by atoms with E-state index >= 15 is 0 Å². The minimum atomic E-state index is -0.989. The fourth-order valence-corrected chi connectivity index (χ4v) is 2.77. The molecule has 0 bridgehead atoms. The minimum Gasteiger partial charge on any atom is -0.444 e. The van der Waals surface area contributed by atoms with E-state index in [0.717, 1.165) is 4.47 Å². The van der Waals surface area contributed by atoms with Crippen molar-refractivity contribution >= 4 is 22.0 Å². The van der Waals surface area contributed by atoms with Crippen LogP contribution in [0.1, 0.15) is 45.7 Å². The SMILES string of the molecule is CC(C)(C)OC(=O)N1CCCC(O)(c2ccc(Br)cn2)CC1. The van der Waals surface area contributed by atoms with E-state index in [1.165, 1.54) is 0 Å². The Bertz CT molecular complexity index is 527. The van der Waals surface area contributed by atoms with Crippen molar-refractivity contribution in [3.63, 3.8) is 0 Å². The normalized spacial score (nSPS) is 23.0. The van der Waals surface area contributed by atoms with Crippen molar-refractivity contribution in [3.05, 3.63) is 28.5 Å². The minimum absolute atomic E-state index is 0.319. The molecule has 2 heterocycles. The molecule has 1 saturated heterocycles. The van der Waals surface area contributed by atoms with Gasteiger partial charge in [-0.3, -0.25) is 4.98 Å². The Labute approximate surface area is 139 Å². The summed E-state index contributed by atoms with van der Waals surface area (Å²) in [7, 11) is 0. The van der Waals surface area contributed by atoms with Crippen molar-refractivity contribution in [2.45, 2.75) is 51.2 Å². The van der Waals surface area contributed by atoms with Gasteiger partial charge in [0.2, 0.25) is 0 Å². The van der Waals surface area contributed by atoms with Crippen molar-refractivity contribution in [1.82, 2.24) is 9.88 Å². The van der Waals surface area contributed by atoms with Crippen molar-refractivity contribution < 1.29 is 14.6 Å². The molecule has 5 nitrogen and oxygen atoms in total. The first-order chi connectivity index (χ1) is 10.2. The average molecular weight is 371 g/mol. The molecule has 0 aromatic carbocycles. The van der Waals surface area contributed by atoms with E-state index in [9.17, 15) is 9.90 Å². The number of nitrogens with zero attached hydrogens (tertiary/aromatic N) is 2. The zero-order valence-corrected chi connectivity index (χ0v) is 14.9. The van der Waals surface area contributed by atoms with Crippen LogP contribution in [0.5, 0.6) is 0 Å². The zero-order valence-electron chi connectivity index (χ0n) is 13.3. The third-order valence-electron chi connectivity index (χ3n) is 3.67. The van der Waals surface area contributed by atoms with Crippen LogP contribution in [-0.4, -0.2) is 39.8 Å². The third-order valence-corrected chi connectivity index (χ3v) is 4.14. The van der Waals surface area contributed by atoms with E-state index in [1.54, 1.807) is 11.1 Å². The molecule has 1 atom stereocenters. The van der Waals surface area contributed by atoms with E-state index in [0.29, 0.717) is 38.0 Å². The Morgan fingerprint density at radius 2 is 2.09 bits per heavy atom. The standard InChI is InChI=1S/C16H23BrN2O3/c1-15(2,3)22-14(20)19-9-4-7-16(21,8-10-19)13-6-5-12(17)11-18-13/h5-6,11,21H,4,7-10H2,1-3H3. The quantitative estimate of drug-likeness (QED) is 0.821. The molecule has 1 fully saturated rings. The summed E-state index contributed by atoms with van der Waals surface area (Å²) in [6, 6.07) is 3.70. The maximum absolute atomic E-state index is 12.2. The number of likely N-dealkylation sites (tertiary alicyclic amines) is 1. The van der Waals surface area contributed by atoms with Gasteiger partial charge in [-0.2, -0.15) is 0 Å². The van der Waals surface area contributed by atoms with Crippen molar-refractivity contribution in [2.75, 3.05) is 13.1 Å². The molecule has 0 spiro atoms. The molecule has 1 aliphatic rings. The van der Waals surface area contributed by atoms with Gasteiger partial charge in [0.05, 0.1) is 5.69 Å². The van der Waals surface area contributed by atoms with Gasteiger partial charge in [0.25, 0.3) is 0 Å². The van der Waals surface area contributed by atoms with Crippen LogP contribution in [-0.2, 0) is 10.3 Å². The first-order valence-electron chi connectivity index (χ1n) is 7.52. The lowest BCUT2D eigenvalue weighted by atomic mass is 9.91. The van der Waals surface area contributed by atoms with Gasteiger partial charge < -0.3 is 14.7 Å². The molecular formula is C16H23BrN2O3. The highest BCUT2D eigenvalue weighted by atomic mass is 79.9. The lowest BCUT2D eigenvalue weighted by Gasteiger charge is -2.28. The van der Waals surface area contributed by atoms with Gasteiger partial charge in [0, 0.05) is 23.8 Å². The molecule has 1 unspecified atom stereocenters. The molecule has 0 radical (unpaired) electrons. The number of hydrogen-bond acceptors (Lipinski definition) is 4. The molecule has 6 heteroatoms. The molecule has 1 aliphatic heterocycles. The maximum Gasteiger partial charge on any atom is 0.410 e. The maximum atomic E-state index is 12.2. The number of ether oxygens (including phenoxy) is 1. The van der Waals surface area contributed by atoms with Crippen molar-refractivity contribution in [3.8, 4) is 0 Å². The van der Waals surface area contributed by atoms with Crippen LogP contribution < -0.4 is 0 Å². The number of amides is 1. The van der Waals surface area contributed by atoms with E-state index in [1.807, 2.05) is 32.9 Å². The Hall–Kier alpha value is -1.14. The second-order valence-electron chi connectivity index (χ2n) is 6.71. The van der Waals surface area contributed by atoms with Gasteiger partial charge in [-0.05, 0) is 68.1 Å². The molecule has 122 valence electrons. The Morgan fingerprint density at radius 1 is 1.36 bits per heavy atom. The number of rotatable bonds is 1. The Balaban J connectivity index is 2.05. The van der Waals surface area contributed by atoms with E-state index in [2.05, 4.69) is 20.9 Å². The fourth-order valence-electron chi connectivity index (χ4n) is 2.54. The van der Waals surface area contributed by atoms with Crippen molar-refractivity contribution in [2.24, 2.45) is 0 Å². The van der Waals surface area contributed by atoms with Crippen LogP contribution in [0.2, 0.25) is 0 Å². The van der Waals surface area contributed by atoms with Crippen LogP contribution in [0.25, 0.3) is 0 Å². The van der Waals surface area contributed by atoms with Gasteiger partial charge in [-0.25, -0.2) is 4.79 Å². The predicted molar refractivity (Wildman–Crippen MR) is 87.5 cm³/mol. The molecule has 0 aliphatic carbocycles. The summed E-state index contributed by atoms with van der Waals surface area (Å²) in [4.78, 5) is 18.1. The lowest BCUT2D eigenvalue weighted by Crippen LogP contribution is -2.38. The Kier molecular flexibility index (Phi) is 5.12. The smallest absolute Gasteiger partial charge is 0.410 e. The summed E-state index contributed by atoms with van der Waals surface area (Å²) in [5.74, 6) is 0. The van der Waals surface area contributed by atoms with Gasteiger partial charge >= 0.3 is 6.09 Å². The molecular weight excluding hydrogens is 348 g/mol. The first kappa shape index (κ1) is 17.2. The van der Waals surface area contributed by atoms with Gasteiger partial charge in [0.15, 0.2) is 0 Å². The number of hydrogen-bond donors (Lipinski definition) is 1. The topological polar surface area (TPSA) is 62.7 Å². The third kappa shape index (κ3) is 4.43. The van der Waals surface area contributed by atoms with Gasteiger partial charge in [-0.1, -0.05) is 0 Å². The highest BCUT2D eigenvalue weighted by Crippen LogP contribution is 2.32. The highest BCUT2D eigenvalue weighted by molar-refractivity contribution is 9.10. The first-order valence-corrected chi connectivity index (χ1v) is 8.31. The average Bonchev–Trinajstić information content (AvgIpc) is 2.60. The highest BCUT2D eigenvalue weighted by Gasteiger charge is 2.35. The second-order valence-corrected chi connectivity index (χ2v) is 7.63. The predicted octanol–water partition coefficient (Wildman–Crippen LogP) is 3.45. The summed E-state index contributed by atoms with van der Waals surface area (Å²) in [6.07, 6.45) is 3.12. The number of aliphatic hydroxyl groups is 1. The molecule has 1 aromatic rings. The fraction of sp³-hybridized carbons (Fsp3) is 0.625. The van der Waals surface area contributed by atoms with Crippen LogP contribution in [0.3, 0.4) is 0 Å². The number of halogens is 1. The molecule has 2 rings (SSSR count). The van der Waals surface area contributed by atoms with Gasteiger partial charge in [-0.15, -0.1) is 0 Å². The number of aromatic nitrogens is 1. The van der Waals surface area contributed by atoms with Crippen LogP contribution in [0.15, 0.2) is 22.8 Å². The van der Waals surface area contributed by atoms with E-state index < -0.39 is 11.2 Å². The largest absolute Gasteiger partial charge is 0.444 e. The molecule has 1 aromatic heterocycles. The monoisotopic (exact) mass is 370 g/mol. The molecule has 22 heavy (non-hydrogen) atoms. The van der Waals surface area contributed by atoms with Crippen LogP contribution in [0.4, 0.5) is 4.79 Å². The summed E-state index contributed by atoms with van der Waals surface area (Å²) < 4.78 is 6.28. The van der Waals surface area contributed by atoms with Crippen molar-refractivity contribution in [1.29, 1.82) is 0 Å². The van der Waals surface area contributed by atoms with Crippen LogP contribution in [0, 0.1) is 0 Å². The number of pyridine rings is 1. The number of carbonyl (C=O) groups excluding carboxylic acids is 1. The van der Waals surface area contributed by atoms with E-state index in [4.69, 9.17) is 4.74 Å². The number of carbonyl (C=O) groups is 1. The molecule has 1 N–H and O–H groups in total. The Morgan fingerprint density at radius 3 is 2.68 bits per heavy atom.